The maximum atomic E-state index is 11.5. The minimum absolute atomic E-state index is 0.0801. The van der Waals surface area contributed by atoms with Crippen LogP contribution in [0.5, 0.6) is 5.75 Å². The summed E-state index contributed by atoms with van der Waals surface area (Å²) in [5, 5.41) is 27.4. The lowest BCUT2D eigenvalue weighted by Crippen LogP contribution is -2.30. The van der Waals surface area contributed by atoms with Gasteiger partial charge in [-0.05, 0) is 18.1 Å². The summed E-state index contributed by atoms with van der Waals surface area (Å²) >= 11 is 0. The lowest BCUT2D eigenvalue weighted by molar-refractivity contribution is -0.384. The number of aliphatic hydroxyl groups is 1. The number of hydrogen-bond acceptors (Lipinski definition) is 8. The molecular formula is C22H25N5O4. The predicted molar refractivity (Wildman–Crippen MR) is 120 cm³/mol. The summed E-state index contributed by atoms with van der Waals surface area (Å²) in [6, 6.07) is 15.6. The third-order valence-electron chi connectivity index (χ3n) is 4.78. The van der Waals surface area contributed by atoms with Crippen molar-refractivity contribution in [1.82, 2.24) is 9.97 Å². The number of aromatic nitrogens is 2. The standard InChI is InChI=1S/C22H25N5O4/c1-14(2)19(13-28)25-22-24-18(15-7-5-4-6-8-15)12-21(26-22)23-17-10-9-16(31-3)11-20(17)27(29)30/h4-12,14,19,28H,13H2,1-3H3,(H2,23,24,25,26)/t19-/m0/s1. The third kappa shape index (κ3) is 5.46. The fourth-order valence-electron chi connectivity index (χ4n) is 2.95. The number of nitro groups is 1. The molecule has 3 N–H and O–H groups in total. The molecule has 0 saturated carbocycles. The van der Waals surface area contributed by atoms with Crippen molar-refractivity contribution in [2.24, 2.45) is 5.92 Å². The van der Waals surface area contributed by atoms with Crippen LogP contribution in [0.3, 0.4) is 0 Å². The highest BCUT2D eigenvalue weighted by Gasteiger charge is 2.18. The van der Waals surface area contributed by atoms with Crippen LogP contribution in [0.4, 0.5) is 23.1 Å². The zero-order valence-electron chi connectivity index (χ0n) is 17.6. The number of nitrogens with zero attached hydrogens (tertiary/aromatic N) is 3. The average molecular weight is 423 g/mol. The molecule has 0 unspecified atom stereocenters. The number of nitrogens with one attached hydrogen (secondary N) is 2. The molecular weight excluding hydrogens is 398 g/mol. The Morgan fingerprint density at radius 2 is 1.87 bits per heavy atom. The van der Waals surface area contributed by atoms with Gasteiger partial charge in [-0.3, -0.25) is 10.1 Å². The average Bonchev–Trinajstić information content (AvgIpc) is 2.77. The Kier molecular flexibility index (Phi) is 6.99. The van der Waals surface area contributed by atoms with E-state index in [-0.39, 0.29) is 29.9 Å². The third-order valence-corrected chi connectivity index (χ3v) is 4.78. The lowest BCUT2D eigenvalue weighted by atomic mass is 10.1. The summed E-state index contributed by atoms with van der Waals surface area (Å²) in [4.78, 5) is 20.1. The lowest BCUT2D eigenvalue weighted by Gasteiger charge is -2.20. The van der Waals surface area contributed by atoms with Gasteiger partial charge in [0.2, 0.25) is 5.95 Å². The van der Waals surface area contributed by atoms with Crippen LogP contribution in [0.1, 0.15) is 13.8 Å². The van der Waals surface area contributed by atoms with Gasteiger partial charge in [0.25, 0.3) is 5.69 Å². The SMILES string of the molecule is COc1ccc(Nc2cc(-c3ccccc3)nc(N[C@@H](CO)C(C)C)n2)c([N+](=O)[O-])c1. The quantitative estimate of drug-likeness (QED) is 0.345. The van der Waals surface area contributed by atoms with Crippen molar-refractivity contribution >= 4 is 23.1 Å². The second-order valence-electron chi connectivity index (χ2n) is 7.27. The molecule has 162 valence electrons. The Hall–Kier alpha value is -3.72. The minimum Gasteiger partial charge on any atom is -0.496 e. The van der Waals surface area contributed by atoms with Crippen LogP contribution in [-0.4, -0.2) is 39.8 Å². The smallest absolute Gasteiger partial charge is 0.296 e. The van der Waals surface area contributed by atoms with E-state index in [2.05, 4.69) is 20.6 Å². The molecule has 0 saturated heterocycles. The van der Waals surface area contributed by atoms with Crippen LogP contribution < -0.4 is 15.4 Å². The number of aliphatic hydroxyl groups excluding tert-OH is 1. The molecule has 0 fully saturated rings. The normalized spacial score (nSPS) is 11.8. The summed E-state index contributed by atoms with van der Waals surface area (Å²) in [5.74, 6) is 1.22. The van der Waals surface area contributed by atoms with E-state index in [9.17, 15) is 15.2 Å². The predicted octanol–water partition coefficient (Wildman–Crippen LogP) is 4.23. The van der Waals surface area contributed by atoms with Gasteiger partial charge in [-0.1, -0.05) is 44.2 Å². The molecule has 0 aliphatic carbocycles. The Morgan fingerprint density at radius 1 is 1.13 bits per heavy atom. The van der Waals surface area contributed by atoms with Gasteiger partial charge in [0.15, 0.2) is 0 Å². The van der Waals surface area contributed by atoms with E-state index >= 15 is 0 Å². The van der Waals surface area contributed by atoms with Crippen molar-refractivity contribution in [3.8, 4) is 17.0 Å². The highest BCUT2D eigenvalue weighted by Crippen LogP contribution is 2.32. The van der Waals surface area contributed by atoms with E-state index in [1.165, 1.54) is 13.2 Å². The number of nitro benzene ring substituents is 1. The van der Waals surface area contributed by atoms with Crippen molar-refractivity contribution in [3.63, 3.8) is 0 Å². The molecule has 3 aromatic rings. The van der Waals surface area contributed by atoms with Gasteiger partial charge in [0.1, 0.15) is 17.3 Å². The van der Waals surface area contributed by atoms with E-state index in [1.807, 2.05) is 44.2 Å². The highest BCUT2D eigenvalue weighted by molar-refractivity contribution is 5.72. The molecule has 31 heavy (non-hydrogen) atoms. The van der Waals surface area contributed by atoms with Gasteiger partial charge in [0, 0.05) is 11.6 Å². The molecule has 9 heteroatoms. The number of methoxy groups -OCH3 is 1. The van der Waals surface area contributed by atoms with Crippen LogP contribution in [-0.2, 0) is 0 Å². The second-order valence-corrected chi connectivity index (χ2v) is 7.27. The largest absolute Gasteiger partial charge is 0.496 e. The molecule has 0 spiro atoms. The first kappa shape index (κ1) is 22.0. The number of ether oxygens (including phenoxy) is 1. The van der Waals surface area contributed by atoms with E-state index in [1.54, 1.807) is 18.2 Å². The number of benzene rings is 2. The zero-order chi connectivity index (χ0) is 22.4. The monoisotopic (exact) mass is 423 g/mol. The Morgan fingerprint density at radius 3 is 2.48 bits per heavy atom. The molecule has 0 radical (unpaired) electrons. The summed E-state index contributed by atoms with van der Waals surface area (Å²) in [6.07, 6.45) is 0. The first-order valence-corrected chi connectivity index (χ1v) is 9.82. The van der Waals surface area contributed by atoms with E-state index in [0.29, 0.717) is 23.2 Å². The van der Waals surface area contributed by atoms with Crippen LogP contribution >= 0.6 is 0 Å². The molecule has 0 bridgehead atoms. The van der Waals surface area contributed by atoms with Crippen molar-refractivity contribution in [1.29, 1.82) is 0 Å². The topological polar surface area (TPSA) is 122 Å². The Balaban J connectivity index is 2.03. The van der Waals surface area contributed by atoms with Crippen molar-refractivity contribution in [3.05, 3.63) is 64.7 Å². The maximum Gasteiger partial charge on any atom is 0.296 e. The maximum absolute atomic E-state index is 11.5. The summed E-state index contributed by atoms with van der Waals surface area (Å²) in [6.45, 7) is 3.88. The van der Waals surface area contributed by atoms with Gasteiger partial charge in [0.05, 0.1) is 36.4 Å². The second kappa shape index (κ2) is 9.86. The molecule has 3 rings (SSSR count). The summed E-state index contributed by atoms with van der Waals surface area (Å²) in [5.41, 5.74) is 1.64. The van der Waals surface area contributed by atoms with Crippen molar-refractivity contribution < 1.29 is 14.8 Å². The van der Waals surface area contributed by atoms with E-state index in [4.69, 9.17) is 4.74 Å². The van der Waals surface area contributed by atoms with Gasteiger partial charge >= 0.3 is 0 Å². The fourth-order valence-corrected chi connectivity index (χ4v) is 2.95. The van der Waals surface area contributed by atoms with Gasteiger partial charge in [-0.15, -0.1) is 0 Å². The first-order valence-electron chi connectivity index (χ1n) is 9.82. The number of rotatable bonds is 9. The molecule has 0 aliphatic heterocycles. The highest BCUT2D eigenvalue weighted by atomic mass is 16.6. The van der Waals surface area contributed by atoms with Gasteiger partial charge in [-0.2, -0.15) is 4.98 Å². The molecule has 1 aromatic heterocycles. The molecule has 2 aromatic carbocycles. The summed E-state index contributed by atoms with van der Waals surface area (Å²) in [7, 11) is 1.45. The van der Waals surface area contributed by atoms with Crippen LogP contribution in [0.25, 0.3) is 11.3 Å². The molecule has 9 nitrogen and oxygen atoms in total. The van der Waals surface area contributed by atoms with E-state index in [0.717, 1.165) is 5.56 Å². The van der Waals surface area contributed by atoms with Crippen LogP contribution in [0, 0.1) is 16.0 Å². The molecule has 0 amide bonds. The van der Waals surface area contributed by atoms with E-state index < -0.39 is 4.92 Å². The number of hydrogen-bond donors (Lipinski definition) is 3. The molecule has 1 atom stereocenters. The van der Waals surface area contributed by atoms with Gasteiger partial charge in [-0.25, -0.2) is 4.98 Å². The molecule has 0 aliphatic rings. The van der Waals surface area contributed by atoms with Gasteiger partial charge < -0.3 is 20.5 Å². The fraction of sp³-hybridized carbons (Fsp3) is 0.273. The number of anilines is 3. The summed E-state index contributed by atoms with van der Waals surface area (Å²) < 4.78 is 5.09. The van der Waals surface area contributed by atoms with Crippen LogP contribution in [0.15, 0.2) is 54.6 Å². The van der Waals surface area contributed by atoms with Crippen LogP contribution in [0.2, 0.25) is 0 Å². The zero-order valence-corrected chi connectivity index (χ0v) is 17.6. The molecule has 1 heterocycles. The first-order chi connectivity index (χ1) is 14.9. The van der Waals surface area contributed by atoms with Crippen molar-refractivity contribution in [2.45, 2.75) is 19.9 Å². The Labute approximate surface area is 180 Å². The Bertz CT molecular complexity index is 1040. The van der Waals surface area contributed by atoms with Crippen molar-refractivity contribution in [2.75, 3.05) is 24.4 Å². The minimum atomic E-state index is -0.482.